The quantitative estimate of drug-likeness (QED) is 0.468. The second-order valence-electron chi connectivity index (χ2n) is 4.57. The second kappa shape index (κ2) is 5.71. The molecule has 0 aromatic rings. The monoisotopic (exact) mass is 214 g/mol. The van der Waals surface area contributed by atoms with Gasteiger partial charge in [-0.3, -0.25) is 0 Å². The number of hydrogen-bond acceptors (Lipinski definition) is 1. The van der Waals surface area contributed by atoms with E-state index in [9.17, 15) is 0 Å². The number of hydrogen-bond donors (Lipinski definition) is 0. The Labute approximate surface area is 92.5 Å². The zero-order valence-electron chi connectivity index (χ0n) is 10.5. The molecule has 14 heavy (non-hydrogen) atoms. The highest BCUT2D eigenvalue weighted by Crippen LogP contribution is 2.43. The first kappa shape index (κ1) is 13.9. The van der Waals surface area contributed by atoms with E-state index >= 15 is 0 Å². The predicted octanol–water partition coefficient (Wildman–Crippen LogP) is 2.83. The van der Waals surface area contributed by atoms with E-state index in [1.54, 1.807) is 0 Å². The maximum atomic E-state index is 5.77. The Bertz CT molecular complexity index is 169. The Hall–Kier alpha value is -0.0831. The molecule has 0 fully saturated rings. The molecule has 84 valence electrons. The van der Waals surface area contributed by atoms with Gasteiger partial charge >= 0.3 is 0 Å². The summed E-state index contributed by atoms with van der Waals surface area (Å²) in [6, 6.07) is 0. The molecule has 0 radical (unpaired) electrons. The summed E-state index contributed by atoms with van der Waals surface area (Å²) < 4.78 is 5.77. The molecular formula is C12H26OSi. The minimum Gasteiger partial charge on any atom is -0.422 e. The SMILES string of the molecule is C=CC(CCC)(CCC)C(C)(C)O[SiH3]. The maximum absolute atomic E-state index is 5.77. The minimum absolute atomic E-state index is 0.0486. The zero-order valence-corrected chi connectivity index (χ0v) is 12.5. The molecule has 0 heterocycles. The van der Waals surface area contributed by atoms with Crippen molar-refractivity contribution in [2.75, 3.05) is 0 Å². The van der Waals surface area contributed by atoms with E-state index in [1.807, 2.05) is 0 Å². The lowest BCUT2D eigenvalue weighted by atomic mass is 9.68. The van der Waals surface area contributed by atoms with Crippen LogP contribution < -0.4 is 0 Å². The third-order valence-corrected chi connectivity index (χ3v) is 4.51. The smallest absolute Gasteiger partial charge is 0.146 e. The standard InChI is InChI=1S/C12H26OSi/c1-6-9-12(8-3,10-7-2)11(4,5)13-14/h8H,3,6-7,9-10H2,1-2,4-5,14H3. The fourth-order valence-corrected chi connectivity index (χ4v) is 2.68. The summed E-state index contributed by atoms with van der Waals surface area (Å²) in [5.41, 5.74) is 0.116. The van der Waals surface area contributed by atoms with E-state index < -0.39 is 0 Å². The van der Waals surface area contributed by atoms with Gasteiger partial charge in [0, 0.05) is 5.41 Å². The molecule has 1 nitrogen and oxygen atoms in total. The zero-order chi connectivity index (χ0) is 11.2. The molecular weight excluding hydrogens is 188 g/mol. The highest BCUT2D eigenvalue weighted by molar-refractivity contribution is 5.98. The van der Waals surface area contributed by atoms with Crippen LogP contribution >= 0.6 is 0 Å². The van der Waals surface area contributed by atoms with Gasteiger partial charge in [0.05, 0.1) is 5.60 Å². The summed E-state index contributed by atoms with van der Waals surface area (Å²) in [6.45, 7) is 12.9. The molecule has 0 aromatic carbocycles. The van der Waals surface area contributed by atoms with Crippen molar-refractivity contribution in [3.8, 4) is 0 Å². The van der Waals surface area contributed by atoms with Gasteiger partial charge in [0.2, 0.25) is 0 Å². The van der Waals surface area contributed by atoms with Crippen LogP contribution in [0.1, 0.15) is 53.4 Å². The van der Waals surface area contributed by atoms with Crippen LogP contribution in [0, 0.1) is 5.41 Å². The van der Waals surface area contributed by atoms with Crippen molar-refractivity contribution in [3.05, 3.63) is 12.7 Å². The summed E-state index contributed by atoms with van der Waals surface area (Å²) in [6.07, 6.45) is 6.87. The van der Waals surface area contributed by atoms with Crippen molar-refractivity contribution in [3.63, 3.8) is 0 Å². The lowest BCUT2D eigenvalue weighted by Crippen LogP contribution is -2.44. The van der Waals surface area contributed by atoms with Gasteiger partial charge in [0.25, 0.3) is 0 Å². The van der Waals surface area contributed by atoms with Crippen LogP contribution in [0.2, 0.25) is 0 Å². The Balaban J connectivity index is 4.90. The van der Waals surface area contributed by atoms with Gasteiger partial charge in [0.1, 0.15) is 10.5 Å². The van der Waals surface area contributed by atoms with Crippen LogP contribution in [0.25, 0.3) is 0 Å². The van der Waals surface area contributed by atoms with E-state index in [4.69, 9.17) is 4.43 Å². The molecule has 0 saturated carbocycles. The van der Waals surface area contributed by atoms with E-state index in [1.165, 1.54) is 25.7 Å². The van der Waals surface area contributed by atoms with Gasteiger partial charge in [-0.25, -0.2) is 0 Å². The first-order chi connectivity index (χ1) is 6.49. The summed E-state index contributed by atoms with van der Waals surface area (Å²) in [5, 5.41) is 0. The van der Waals surface area contributed by atoms with Gasteiger partial charge in [-0.1, -0.05) is 32.8 Å². The summed E-state index contributed by atoms with van der Waals surface area (Å²) >= 11 is 0. The van der Waals surface area contributed by atoms with Crippen molar-refractivity contribution in [1.29, 1.82) is 0 Å². The van der Waals surface area contributed by atoms with Crippen LogP contribution in [-0.2, 0) is 4.43 Å². The molecule has 0 amide bonds. The van der Waals surface area contributed by atoms with E-state index in [2.05, 4.69) is 40.3 Å². The fraction of sp³-hybridized carbons (Fsp3) is 0.833. The average Bonchev–Trinajstić information content (AvgIpc) is 2.17. The van der Waals surface area contributed by atoms with Crippen molar-refractivity contribution in [2.24, 2.45) is 5.41 Å². The van der Waals surface area contributed by atoms with Gasteiger partial charge in [-0.05, 0) is 26.7 Å². The highest BCUT2D eigenvalue weighted by atomic mass is 28.2. The summed E-state index contributed by atoms with van der Waals surface area (Å²) in [7, 11) is 0.799. The Morgan fingerprint density at radius 1 is 1.21 bits per heavy atom. The van der Waals surface area contributed by atoms with Crippen LogP contribution in [0.3, 0.4) is 0 Å². The van der Waals surface area contributed by atoms with Gasteiger partial charge in [-0.15, -0.1) is 6.58 Å². The normalized spacial score (nSPS) is 13.1. The van der Waals surface area contributed by atoms with Crippen LogP contribution in [-0.4, -0.2) is 16.1 Å². The molecule has 2 heteroatoms. The van der Waals surface area contributed by atoms with Crippen LogP contribution in [0.4, 0.5) is 0 Å². The summed E-state index contributed by atoms with van der Waals surface area (Å²) in [4.78, 5) is 0. The third-order valence-electron chi connectivity index (χ3n) is 3.49. The number of rotatable bonds is 7. The molecule has 0 aromatic heterocycles. The van der Waals surface area contributed by atoms with E-state index in [0.717, 1.165) is 10.5 Å². The molecule has 0 bridgehead atoms. The van der Waals surface area contributed by atoms with E-state index in [0.29, 0.717) is 0 Å². The lowest BCUT2D eigenvalue weighted by Gasteiger charge is -2.44. The molecule has 0 atom stereocenters. The van der Waals surface area contributed by atoms with Crippen LogP contribution in [0.5, 0.6) is 0 Å². The van der Waals surface area contributed by atoms with Gasteiger partial charge in [-0.2, -0.15) is 0 Å². The predicted molar refractivity (Wildman–Crippen MR) is 67.5 cm³/mol. The second-order valence-corrected chi connectivity index (χ2v) is 4.98. The molecule has 0 saturated heterocycles. The molecule has 0 spiro atoms. The van der Waals surface area contributed by atoms with E-state index in [-0.39, 0.29) is 11.0 Å². The first-order valence-corrected chi connectivity index (χ1v) is 6.50. The van der Waals surface area contributed by atoms with Crippen molar-refractivity contribution in [2.45, 2.75) is 59.0 Å². The Morgan fingerprint density at radius 2 is 1.64 bits per heavy atom. The highest BCUT2D eigenvalue weighted by Gasteiger charge is 2.40. The molecule has 0 N–H and O–H groups in total. The molecule has 0 rings (SSSR count). The third kappa shape index (κ3) is 2.70. The lowest BCUT2D eigenvalue weighted by molar-refractivity contribution is -0.00789. The van der Waals surface area contributed by atoms with Gasteiger partial charge in [0.15, 0.2) is 0 Å². The summed E-state index contributed by atoms with van der Waals surface area (Å²) in [5.74, 6) is 0. The molecule has 0 unspecified atom stereocenters. The Morgan fingerprint density at radius 3 is 1.86 bits per heavy atom. The topological polar surface area (TPSA) is 9.23 Å². The minimum atomic E-state index is -0.0486. The maximum Gasteiger partial charge on any atom is 0.146 e. The first-order valence-electron chi connectivity index (χ1n) is 5.68. The average molecular weight is 214 g/mol. The van der Waals surface area contributed by atoms with Crippen molar-refractivity contribution < 1.29 is 4.43 Å². The van der Waals surface area contributed by atoms with Gasteiger partial charge < -0.3 is 4.43 Å². The largest absolute Gasteiger partial charge is 0.422 e. The Kier molecular flexibility index (Phi) is 5.68. The molecule has 0 aliphatic heterocycles. The van der Waals surface area contributed by atoms with Crippen LogP contribution in [0.15, 0.2) is 12.7 Å². The van der Waals surface area contributed by atoms with Crippen molar-refractivity contribution >= 4 is 10.5 Å². The molecule has 0 aliphatic rings. The van der Waals surface area contributed by atoms with Crippen molar-refractivity contribution in [1.82, 2.24) is 0 Å². The fourth-order valence-electron chi connectivity index (χ4n) is 2.27. The molecule has 0 aliphatic carbocycles.